The number of unbranched alkanes of at least 4 members (excludes halogenated alkanes) is 1. The summed E-state index contributed by atoms with van der Waals surface area (Å²) in [6.45, 7) is 2.59. The summed E-state index contributed by atoms with van der Waals surface area (Å²) in [5.41, 5.74) is 2.51. The number of carbonyl (C=O) groups is 1. The maximum atomic E-state index is 11.5. The van der Waals surface area contributed by atoms with Crippen molar-refractivity contribution in [1.82, 2.24) is 10.3 Å². The summed E-state index contributed by atoms with van der Waals surface area (Å²) >= 11 is 4.74. The average molecular weight is 277 g/mol. The number of rotatable bonds is 5. The minimum Gasteiger partial charge on any atom is -0.351 e. The lowest BCUT2D eigenvalue weighted by molar-refractivity contribution is 0.0956. The lowest BCUT2D eigenvalue weighted by Crippen LogP contribution is -2.24. The molecule has 5 heteroatoms. The molecule has 1 amide bonds. The summed E-state index contributed by atoms with van der Waals surface area (Å²) in [6, 6.07) is 0. The van der Waals surface area contributed by atoms with Gasteiger partial charge >= 0.3 is 0 Å². The zero-order valence-corrected chi connectivity index (χ0v) is 10.4. The van der Waals surface area contributed by atoms with E-state index in [1.54, 1.807) is 5.51 Å². The highest BCUT2D eigenvalue weighted by Crippen LogP contribution is 2.11. The molecule has 1 aromatic rings. The molecule has 0 radical (unpaired) electrons. The number of hydrogen-bond donors (Lipinski definition) is 1. The molecule has 1 heterocycles. The standard InChI is InChI=1S/C9H13BrN2OS/c1-7-8(14-6-12-7)9(13)11-5-3-2-4-10/h6H,2-5H2,1H3,(H,11,13). The van der Waals surface area contributed by atoms with Crippen LogP contribution in [-0.2, 0) is 0 Å². The lowest BCUT2D eigenvalue weighted by atomic mass is 10.3. The molecule has 0 atom stereocenters. The molecule has 1 N–H and O–H groups in total. The van der Waals surface area contributed by atoms with Crippen LogP contribution in [0.15, 0.2) is 5.51 Å². The average Bonchev–Trinajstić information content (AvgIpc) is 2.59. The Morgan fingerprint density at radius 1 is 1.64 bits per heavy atom. The van der Waals surface area contributed by atoms with Crippen molar-refractivity contribution in [2.75, 3.05) is 11.9 Å². The van der Waals surface area contributed by atoms with Crippen molar-refractivity contribution >= 4 is 33.2 Å². The smallest absolute Gasteiger partial charge is 0.263 e. The van der Waals surface area contributed by atoms with E-state index >= 15 is 0 Å². The molecule has 0 unspecified atom stereocenters. The first-order valence-electron chi connectivity index (χ1n) is 4.50. The molecule has 0 saturated heterocycles. The Balaban J connectivity index is 2.32. The second kappa shape index (κ2) is 6.14. The molecule has 0 aromatic carbocycles. The normalized spacial score (nSPS) is 10.1. The Kier molecular flexibility index (Phi) is 5.11. The Hall–Kier alpha value is -0.420. The number of nitrogens with one attached hydrogen (secondary N) is 1. The Morgan fingerprint density at radius 3 is 3.00 bits per heavy atom. The molecular weight excluding hydrogens is 264 g/mol. The van der Waals surface area contributed by atoms with Crippen LogP contribution >= 0.6 is 27.3 Å². The van der Waals surface area contributed by atoms with E-state index in [0.29, 0.717) is 0 Å². The Bertz CT molecular complexity index is 301. The van der Waals surface area contributed by atoms with E-state index in [1.165, 1.54) is 11.3 Å². The molecular formula is C9H13BrN2OS. The molecule has 0 saturated carbocycles. The third-order valence-electron chi connectivity index (χ3n) is 1.80. The van der Waals surface area contributed by atoms with Crippen molar-refractivity contribution in [3.05, 3.63) is 16.1 Å². The van der Waals surface area contributed by atoms with Crippen LogP contribution in [0.3, 0.4) is 0 Å². The van der Waals surface area contributed by atoms with E-state index in [0.717, 1.165) is 35.3 Å². The molecule has 0 aliphatic rings. The van der Waals surface area contributed by atoms with Crippen molar-refractivity contribution in [3.8, 4) is 0 Å². The van der Waals surface area contributed by atoms with Gasteiger partial charge in [-0.05, 0) is 19.8 Å². The van der Waals surface area contributed by atoms with Gasteiger partial charge in [0.2, 0.25) is 0 Å². The number of hydrogen-bond acceptors (Lipinski definition) is 3. The highest BCUT2D eigenvalue weighted by atomic mass is 79.9. The van der Waals surface area contributed by atoms with E-state index in [4.69, 9.17) is 0 Å². The van der Waals surface area contributed by atoms with Crippen LogP contribution in [0.1, 0.15) is 28.2 Å². The molecule has 0 aliphatic carbocycles. The van der Waals surface area contributed by atoms with Crippen molar-refractivity contribution in [2.45, 2.75) is 19.8 Å². The number of aryl methyl sites for hydroxylation is 1. The highest BCUT2D eigenvalue weighted by molar-refractivity contribution is 9.09. The van der Waals surface area contributed by atoms with Gasteiger partial charge in [-0.3, -0.25) is 4.79 Å². The van der Waals surface area contributed by atoms with Gasteiger partial charge in [0.05, 0.1) is 11.2 Å². The minimum absolute atomic E-state index is 0.000396. The van der Waals surface area contributed by atoms with Gasteiger partial charge in [-0.1, -0.05) is 15.9 Å². The molecule has 78 valence electrons. The van der Waals surface area contributed by atoms with Crippen LogP contribution in [0.25, 0.3) is 0 Å². The Labute approximate surface area is 96.1 Å². The van der Waals surface area contributed by atoms with Crippen molar-refractivity contribution in [3.63, 3.8) is 0 Å². The quantitative estimate of drug-likeness (QED) is 0.663. The summed E-state index contributed by atoms with van der Waals surface area (Å²) < 4.78 is 0. The maximum Gasteiger partial charge on any atom is 0.263 e. The van der Waals surface area contributed by atoms with Gasteiger partial charge in [-0.2, -0.15) is 0 Å². The van der Waals surface area contributed by atoms with Crippen LogP contribution in [0.4, 0.5) is 0 Å². The number of thiazole rings is 1. The largest absolute Gasteiger partial charge is 0.351 e. The molecule has 0 spiro atoms. The van der Waals surface area contributed by atoms with Crippen LogP contribution in [0, 0.1) is 6.92 Å². The zero-order chi connectivity index (χ0) is 10.4. The second-order valence-corrected chi connectivity index (χ2v) is 4.57. The second-order valence-electron chi connectivity index (χ2n) is 2.92. The fraction of sp³-hybridized carbons (Fsp3) is 0.556. The predicted octanol–water partition coefficient (Wildman–Crippen LogP) is 2.36. The third kappa shape index (κ3) is 3.38. The number of aromatic nitrogens is 1. The number of amides is 1. The summed E-state index contributed by atoms with van der Waals surface area (Å²) in [5.74, 6) is -0.000396. The van der Waals surface area contributed by atoms with Gasteiger partial charge in [0.1, 0.15) is 4.88 Å². The fourth-order valence-electron chi connectivity index (χ4n) is 1.02. The number of nitrogens with zero attached hydrogens (tertiary/aromatic N) is 1. The molecule has 0 fully saturated rings. The van der Waals surface area contributed by atoms with Gasteiger partial charge in [-0.25, -0.2) is 4.98 Å². The summed E-state index contributed by atoms with van der Waals surface area (Å²) in [5, 5.41) is 3.86. The van der Waals surface area contributed by atoms with Crippen LogP contribution in [0.5, 0.6) is 0 Å². The maximum absolute atomic E-state index is 11.5. The van der Waals surface area contributed by atoms with Crippen molar-refractivity contribution in [1.29, 1.82) is 0 Å². The number of carbonyl (C=O) groups excluding carboxylic acids is 1. The van der Waals surface area contributed by atoms with Crippen molar-refractivity contribution < 1.29 is 4.79 Å². The van der Waals surface area contributed by atoms with E-state index in [2.05, 4.69) is 26.2 Å². The minimum atomic E-state index is -0.000396. The lowest BCUT2D eigenvalue weighted by Gasteiger charge is -2.02. The van der Waals surface area contributed by atoms with E-state index < -0.39 is 0 Å². The predicted molar refractivity (Wildman–Crippen MR) is 62.2 cm³/mol. The summed E-state index contributed by atoms with van der Waals surface area (Å²) in [7, 11) is 0. The molecule has 3 nitrogen and oxygen atoms in total. The zero-order valence-electron chi connectivity index (χ0n) is 8.05. The molecule has 14 heavy (non-hydrogen) atoms. The third-order valence-corrected chi connectivity index (χ3v) is 3.29. The topological polar surface area (TPSA) is 42.0 Å². The molecule has 1 aromatic heterocycles. The number of halogens is 1. The van der Waals surface area contributed by atoms with Gasteiger partial charge in [0, 0.05) is 11.9 Å². The van der Waals surface area contributed by atoms with Gasteiger partial charge < -0.3 is 5.32 Å². The first-order chi connectivity index (χ1) is 6.75. The number of alkyl halides is 1. The molecule has 1 rings (SSSR count). The first kappa shape index (κ1) is 11.7. The van der Waals surface area contributed by atoms with E-state index in [1.807, 2.05) is 6.92 Å². The molecule has 0 bridgehead atoms. The summed E-state index contributed by atoms with van der Waals surface area (Å²) in [6.07, 6.45) is 2.09. The SMILES string of the molecule is Cc1ncsc1C(=O)NCCCCBr. The van der Waals surface area contributed by atoms with Crippen LogP contribution in [-0.4, -0.2) is 22.8 Å². The fourth-order valence-corrected chi connectivity index (χ4v) is 2.14. The monoisotopic (exact) mass is 276 g/mol. The molecule has 0 aliphatic heterocycles. The first-order valence-corrected chi connectivity index (χ1v) is 6.50. The van der Waals surface area contributed by atoms with E-state index in [-0.39, 0.29) is 5.91 Å². The van der Waals surface area contributed by atoms with Crippen LogP contribution in [0.2, 0.25) is 0 Å². The summed E-state index contributed by atoms with van der Waals surface area (Å²) in [4.78, 5) is 16.3. The van der Waals surface area contributed by atoms with Gasteiger partial charge in [-0.15, -0.1) is 11.3 Å². The van der Waals surface area contributed by atoms with E-state index in [9.17, 15) is 4.79 Å². The highest BCUT2D eigenvalue weighted by Gasteiger charge is 2.09. The van der Waals surface area contributed by atoms with Gasteiger partial charge in [0.15, 0.2) is 0 Å². The van der Waals surface area contributed by atoms with Gasteiger partial charge in [0.25, 0.3) is 5.91 Å². The van der Waals surface area contributed by atoms with Crippen molar-refractivity contribution in [2.24, 2.45) is 0 Å². The van der Waals surface area contributed by atoms with Crippen LogP contribution < -0.4 is 5.32 Å². The Morgan fingerprint density at radius 2 is 2.43 bits per heavy atom.